The van der Waals surface area contributed by atoms with Crippen LogP contribution in [0.5, 0.6) is 5.88 Å². The molecule has 1 amide bonds. The third kappa shape index (κ3) is 4.76. The van der Waals surface area contributed by atoms with Crippen LogP contribution in [-0.4, -0.2) is 30.4 Å². The molecule has 1 unspecified atom stereocenters. The molecule has 14 heteroatoms. The van der Waals surface area contributed by atoms with Crippen LogP contribution in [0.2, 0.25) is 0 Å². The van der Waals surface area contributed by atoms with Crippen molar-refractivity contribution in [2.24, 2.45) is 0 Å². The molecule has 1 N–H and O–H groups in total. The van der Waals surface area contributed by atoms with Crippen molar-refractivity contribution >= 4 is 11.6 Å². The van der Waals surface area contributed by atoms with Crippen LogP contribution >= 0.6 is 0 Å². The number of ether oxygens (including phenoxy) is 1. The lowest BCUT2D eigenvalue weighted by atomic mass is 10.2. The van der Waals surface area contributed by atoms with Crippen molar-refractivity contribution in [3.63, 3.8) is 0 Å². The number of nitrogens with one attached hydrogen (secondary N) is 1. The van der Waals surface area contributed by atoms with E-state index in [-0.39, 0.29) is 28.5 Å². The first-order valence-corrected chi connectivity index (χ1v) is 10.1. The summed E-state index contributed by atoms with van der Waals surface area (Å²) in [6.07, 6.45) is -3.31. The van der Waals surface area contributed by atoms with Gasteiger partial charge in [0, 0.05) is 6.20 Å². The molecule has 0 spiro atoms. The van der Waals surface area contributed by atoms with Crippen LogP contribution in [0, 0.1) is 25.5 Å². The number of halogens is 5. The molecule has 0 bridgehead atoms. The summed E-state index contributed by atoms with van der Waals surface area (Å²) < 4.78 is 77.6. The number of hydrogen-bond donors (Lipinski definition) is 1. The molecule has 9 nitrogen and oxygen atoms in total. The number of amides is 1. The van der Waals surface area contributed by atoms with Crippen molar-refractivity contribution in [2.45, 2.75) is 39.6 Å². The highest BCUT2D eigenvalue weighted by Gasteiger charge is 2.38. The second kappa shape index (κ2) is 8.92. The number of benzene rings is 1. The monoisotopic (exact) mass is 496 g/mol. The van der Waals surface area contributed by atoms with Crippen LogP contribution in [0.15, 0.2) is 28.9 Å². The van der Waals surface area contributed by atoms with Crippen LogP contribution < -0.4 is 10.1 Å². The Morgan fingerprint density at radius 2 is 1.86 bits per heavy atom. The van der Waals surface area contributed by atoms with Gasteiger partial charge in [0.2, 0.25) is 11.5 Å². The molecule has 1 atom stereocenters. The summed E-state index contributed by atoms with van der Waals surface area (Å²) in [6, 6.07) is 2.34. The Balaban J connectivity index is 1.61. The molecule has 35 heavy (non-hydrogen) atoms. The van der Waals surface area contributed by atoms with E-state index in [9.17, 15) is 26.7 Å². The number of carbonyl (C=O) groups is 1. The lowest BCUT2D eigenvalue weighted by Gasteiger charge is -2.12. The van der Waals surface area contributed by atoms with Gasteiger partial charge in [-0.1, -0.05) is 11.2 Å². The Bertz CT molecular complexity index is 1390. The third-order valence-corrected chi connectivity index (χ3v) is 4.91. The van der Waals surface area contributed by atoms with Gasteiger partial charge >= 0.3 is 6.18 Å². The molecule has 0 aliphatic heterocycles. The van der Waals surface area contributed by atoms with Crippen LogP contribution in [0.25, 0.3) is 5.65 Å². The van der Waals surface area contributed by atoms with E-state index in [4.69, 9.17) is 4.74 Å². The summed E-state index contributed by atoms with van der Waals surface area (Å²) in [5.74, 6) is -4.27. The maximum absolute atomic E-state index is 14.0. The van der Waals surface area contributed by atoms with E-state index in [1.165, 1.54) is 30.5 Å². The van der Waals surface area contributed by atoms with Gasteiger partial charge in [0.05, 0.1) is 17.0 Å². The van der Waals surface area contributed by atoms with Crippen molar-refractivity contribution in [1.29, 1.82) is 0 Å². The van der Waals surface area contributed by atoms with Crippen molar-refractivity contribution in [1.82, 2.24) is 29.8 Å². The van der Waals surface area contributed by atoms with Crippen molar-refractivity contribution in [3.05, 3.63) is 70.4 Å². The largest absolute Gasteiger partial charge is 0.470 e. The lowest BCUT2D eigenvalue weighted by Crippen LogP contribution is -2.28. The van der Waals surface area contributed by atoms with Gasteiger partial charge in [0.1, 0.15) is 30.0 Å². The molecule has 0 fully saturated rings. The Hall–Kier alpha value is -4.10. The molecule has 0 aliphatic carbocycles. The summed E-state index contributed by atoms with van der Waals surface area (Å²) in [5, 5.41) is 5.35. The summed E-state index contributed by atoms with van der Waals surface area (Å²) in [4.78, 5) is 24.7. The van der Waals surface area contributed by atoms with Gasteiger partial charge in [0.15, 0.2) is 0 Å². The van der Waals surface area contributed by atoms with Gasteiger partial charge in [-0.3, -0.25) is 9.20 Å². The quantitative estimate of drug-likeness (QED) is 0.401. The molecule has 3 heterocycles. The predicted octanol–water partition coefficient (Wildman–Crippen LogP) is 4.10. The molecular formula is C21H17F5N6O3. The Morgan fingerprint density at radius 1 is 1.17 bits per heavy atom. The summed E-state index contributed by atoms with van der Waals surface area (Å²) in [5.41, 5.74) is 0.467. The fourth-order valence-electron chi connectivity index (χ4n) is 3.28. The van der Waals surface area contributed by atoms with Crippen molar-refractivity contribution in [3.8, 4) is 5.88 Å². The van der Waals surface area contributed by atoms with E-state index in [0.717, 1.165) is 12.1 Å². The topological polar surface area (TPSA) is 107 Å². The highest BCUT2D eigenvalue weighted by Crippen LogP contribution is 2.28. The van der Waals surface area contributed by atoms with Gasteiger partial charge in [0.25, 0.3) is 17.6 Å². The third-order valence-electron chi connectivity index (χ3n) is 4.91. The Labute approximate surface area is 193 Å². The normalized spacial score (nSPS) is 12.7. The summed E-state index contributed by atoms with van der Waals surface area (Å²) >= 11 is 0. The van der Waals surface area contributed by atoms with E-state index in [1.54, 1.807) is 6.92 Å². The Kier molecular flexibility index (Phi) is 6.13. The first-order valence-electron chi connectivity index (χ1n) is 10.1. The zero-order valence-corrected chi connectivity index (χ0v) is 18.4. The van der Waals surface area contributed by atoms with Crippen LogP contribution in [-0.2, 0) is 12.8 Å². The standard InChI is InChI=1S/C21H17F5N6O3/c1-9-7-32-15(17(33)29-11(3)18-30-20(31-35-18)21(24,25)26)10(2)28-16(32)19(27-9)34-8-12-13(22)5-4-6-14(12)23/h4-7,11H,8H2,1-3H3,(H,29,33). The first-order chi connectivity index (χ1) is 16.5. The fourth-order valence-corrected chi connectivity index (χ4v) is 3.28. The smallest absolute Gasteiger partial charge is 0.455 e. The SMILES string of the molecule is Cc1cn2c(C(=O)NC(C)c3nc(C(F)(F)F)no3)c(C)nc2c(OCc2c(F)cccc2F)n1. The minimum atomic E-state index is -4.80. The fraction of sp³-hybridized carbons (Fsp3) is 0.286. The van der Waals surface area contributed by atoms with E-state index < -0.39 is 48.1 Å². The van der Waals surface area contributed by atoms with Crippen molar-refractivity contribution in [2.75, 3.05) is 0 Å². The molecule has 0 saturated heterocycles. The van der Waals surface area contributed by atoms with E-state index in [0.29, 0.717) is 5.69 Å². The zero-order valence-electron chi connectivity index (χ0n) is 18.4. The molecule has 0 saturated carbocycles. The zero-order chi connectivity index (χ0) is 25.5. The highest BCUT2D eigenvalue weighted by atomic mass is 19.4. The van der Waals surface area contributed by atoms with Crippen LogP contribution in [0.1, 0.15) is 52.1 Å². The van der Waals surface area contributed by atoms with E-state index in [2.05, 4.69) is 29.9 Å². The number of fused-ring (bicyclic) bond motifs is 1. The molecule has 1 aromatic carbocycles. The number of imidazole rings is 1. The van der Waals surface area contributed by atoms with Gasteiger partial charge in [-0.05, 0) is 32.9 Å². The number of aryl methyl sites for hydroxylation is 2. The number of nitrogens with zero attached hydrogens (tertiary/aromatic N) is 5. The minimum Gasteiger partial charge on any atom is -0.470 e. The summed E-state index contributed by atoms with van der Waals surface area (Å²) in [7, 11) is 0. The maximum Gasteiger partial charge on any atom is 0.455 e. The lowest BCUT2D eigenvalue weighted by molar-refractivity contribution is -0.146. The second-order valence-corrected chi connectivity index (χ2v) is 7.56. The maximum atomic E-state index is 14.0. The average molecular weight is 496 g/mol. The van der Waals surface area contributed by atoms with Gasteiger partial charge in [-0.2, -0.15) is 18.2 Å². The number of rotatable bonds is 6. The van der Waals surface area contributed by atoms with Gasteiger partial charge in [-0.15, -0.1) is 0 Å². The van der Waals surface area contributed by atoms with Crippen LogP contribution in [0.3, 0.4) is 0 Å². The van der Waals surface area contributed by atoms with E-state index in [1.807, 2.05) is 0 Å². The van der Waals surface area contributed by atoms with Gasteiger partial charge < -0.3 is 14.6 Å². The molecule has 184 valence electrons. The Morgan fingerprint density at radius 3 is 2.49 bits per heavy atom. The first kappa shape index (κ1) is 24.0. The second-order valence-electron chi connectivity index (χ2n) is 7.56. The highest BCUT2D eigenvalue weighted by molar-refractivity contribution is 5.95. The molecule has 0 radical (unpaired) electrons. The number of aromatic nitrogens is 5. The summed E-state index contributed by atoms with van der Waals surface area (Å²) in [6.45, 7) is 4.02. The van der Waals surface area contributed by atoms with Crippen molar-refractivity contribution < 1.29 is 36.0 Å². The van der Waals surface area contributed by atoms with Crippen LogP contribution in [0.4, 0.5) is 22.0 Å². The minimum absolute atomic E-state index is 0.0369. The predicted molar refractivity (Wildman–Crippen MR) is 108 cm³/mol. The molecule has 0 aliphatic rings. The number of hydrogen-bond acceptors (Lipinski definition) is 7. The molecule has 4 rings (SSSR count). The average Bonchev–Trinajstić information content (AvgIpc) is 3.38. The molecule has 4 aromatic rings. The number of alkyl halides is 3. The molecular weight excluding hydrogens is 479 g/mol. The van der Waals surface area contributed by atoms with E-state index >= 15 is 0 Å². The van der Waals surface area contributed by atoms with Gasteiger partial charge in [-0.25, -0.2) is 18.7 Å². The molecule has 3 aromatic heterocycles. The number of carbonyl (C=O) groups excluding carboxylic acids is 1.